The number of sulfonamides is 1. The van der Waals surface area contributed by atoms with E-state index in [4.69, 9.17) is 5.11 Å². The minimum atomic E-state index is -5.66. The number of hydrogen-bond donors (Lipinski definition) is 2. The van der Waals surface area contributed by atoms with Gasteiger partial charge in [0.2, 0.25) is 0 Å². The Morgan fingerprint density at radius 3 is 2.47 bits per heavy atom. The van der Waals surface area contributed by atoms with Crippen molar-refractivity contribution in [2.75, 3.05) is 4.72 Å². The van der Waals surface area contributed by atoms with Crippen LogP contribution in [0.15, 0.2) is 18.5 Å². The van der Waals surface area contributed by atoms with Crippen molar-refractivity contribution in [3.8, 4) is 0 Å². The van der Waals surface area contributed by atoms with Crippen LogP contribution in [-0.2, 0) is 10.0 Å². The van der Waals surface area contributed by atoms with Crippen molar-refractivity contribution < 1.29 is 31.5 Å². The molecular formula is C7H5F3N2O4S. The highest BCUT2D eigenvalue weighted by Crippen LogP contribution is 2.26. The van der Waals surface area contributed by atoms with Crippen LogP contribution in [0.5, 0.6) is 0 Å². The second-order valence-electron chi connectivity index (χ2n) is 2.78. The van der Waals surface area contributed by atoms with Gasteiger partial charge in [0.15, 0.2) is 0 Å². The molecule has 0 aromatic carbocycles. The number of nitrogens with zero attached hydrogens (tertiary/aromatic N) is 1. The number of carboxylic acid groups (broad SMARTS) is 1. The van der Waals surface area contributed by atoms with Gasteiger partial charge in [-0.25, -0.2) is 4.79 Å². The first kappa shape index (κ1) is 13.2. The van der Waals surface area contributed by atoms with E-state index in [1.165, 1.54) is 0 Å². The van der Waals surface area contributed by atoms with E-state index in [1.807, 2.05) is 0 Å². The number of nitrogens with one attached hydrogen (secondary N) is 1. The number of anilines is 1. The summed E-state index contributed by atoms with van der Waals surface area (Å²) in [5, 5.41) is 8.62. The van der Waals surface area contributed by atoms with Crippen molar-refractivity contribution in [2.24, 2.45) is 0 Å². The molecule has 0 aliphatic carbocycles. The number of rotatable bonds is 3. The maximum Gasteiger partial charge on any atom is 0.516 e. The number of pyridine rings is 1. The van der Waals surface area contributed by atoms with Gasteiger partial charge in [-0.3, -0.25) is 9.71 Å². The van der Waals surface area contributed by atoms with E-state index in [0.29, 0.717) is 6.20 Å². The van der Waals surface area contributed by atoms with Gasteiger partial charge in [0.05, 0.1) is 17.4 Å². The van der Waals surface area contributed by atoms with Gasteiger partial charge in [-0.1, -0.05) is 0 Å². The van der Waals surface area contributed by atoms with E-state index in [1.54, 1.807) is 0 Å². The fourth-order valence-electron chi connectivity index (χ4n) is 0.865. The summed E-state index contributed by atoms with van der Waals surface area (Å²) >= 11 is 0. The Bertz CT molecular complexity index is 540. The number of halogens is 3. The molecule has 1 rings (SSSR count). The summed E-state index contributed by atoms with van der Waals surface area (Å²) < 4.78 is 58.7. The quantitative estimate of drug-likeness (QED) is 0.855. The van der Waals surface area contributed by atoms with Gasteiger partial charge in [-0.15, -0.1) is 0 Å². The van der Waals surface area contributed by atoms with E-state index < -0.39 is 32.8 Å². The minimum absolute atomic E-state index is 0.632. The summed E-state index contributed by atoms with van der Waals surface area (Å²) in [5.74, 6) is -1.58. The second-order valence-corrected chi connectivity index (χ2v) is 4.45. The van der Waals surface area contributed by atoms with Crippen molar-refractivity contribution in [3.05, 3.63) is 24.0 Å². The lowest BCUT2D eigenvalue weighted by atomic mass is 10.2. The molecule has 1 aromatic rings. The SMILES string of the molecule is O=C(O)c1ccncc1NS(=O)(=O)C(F)(F)F. The monoisotopic (exact) mass is 270 g/mol. The van der Waals surface area contributed by atoms with Crippen molar-refractivity contribution in [3.63, 3.8) is 0 Å². The van der Waals surface area contributed by atoms with Gasteiger partial charge in [0, 0.05) is 6.20 Å². The molecule has 94 valence electrons. The van der Waals surface area contributed by atoms with Gasteiger partial charge < -0.3 is 5.11 Å². The molecule has 6 nitrogen and oxygen atoms in total. The van der Waals surface area contributed by atoms with Crippen LogP contribution in [0.1, 0.15) is 10.4 Å². The zero-order chi connectivity index (χ0) is 13.3. The normalized spacial score (nSPS) is 12.2. The predicted octanol–water partition coefficient (Wildman–Crippen LogP) is 1.04. The van der Waals surface area contributed by atoms with E-state index in [9.17, 15) is 26.4 Å². The van der Waals surface area contributed by atoms with Crippen LogP contribution in [0.25, 0.3) is 0 Å². The highest BCUT2D eigenvalue weighted by Gasteiger charge is 2.46. The summed E-state index contributed by atoms with van der Waals surface area (Å²) in [4.78, 5) is 13.9. The summed E-state index contributed by atoms with van der Waals surface area (Å²) in [6.07, 6.45) is 1.68. The number of aromatic nitrogens is 1. The van der Waals surface area contributed by atoms with Crippen LogP contribution in [0.3, 0.4) is 0 Å². The summed E-state index contributed by atoms with van der Waals surface area (Å²) in [6, 6.07) is 0.872. The third-order valence-electron chi connectivity index (χ3n) is 1.60. The minimum Gasteiger partial charge on any atom is -0.478 e. The Labute approximate surface area is 93.1 Å². The average Bonchev–Trinajstić information content (AvgIpc) is 2.15. The molecule has 0 saturated heterocycles. The lowest BCUT2D eigenvalue weighted by molar-refractivity contribution is -0.0429. The lowest BCUT2D eigenvalue weighted by Gasteiger charge is -2.11. The molecule has 0 amide bonds. The van der Waals surface area contributed by atoms with Gasteiger partial charge in [-0.2, -0.15) is 21.6 Å². The third kappa shape index (κ3) is 2.84. The molecule has 2 N–H and O–H groups in total. The Morgan fingerprint density at radius 2 is 2.00 bits per heavy atom. The van der Waals surface area contributed by atoms with Gasteiger partial charge in [0.25, 0.3) is 0 Å². The molecule has 1 aromatic heterocycles. The summed E-state index contributed by atoms with van der Waals surface area (Å²) in [5.41, 5.74) is -6.91. The molecule has 0 radical (unpaired) electrons. The number of carboxylic acids is 1. The maximum atomic E-state index is 12.0. The Morgan fingerprint density at radius 1 is 1.41 bits per heavy atom. The van der Waals surface area contributed by atoms with Crippen LogP contribution in [0.4, 0.5) is 18.9 Å². The molecule has 17 heavy (non-hydrogen) atoms. The molecule has 0 unspecified atom stereocenters. The smallest absolute Gasteiger partial charge is 0.478 e. The predicted molar refractivity (Wildman–Crippen MR) is 49.8 cm³/mol. The first-order valence-corrected chi connectivity index (χ1v) is 5.40. The number of alkyl halides is 3. The first-order chi connectivity index (χ1) is 7.65. The second kappa shape index (κ2) is 4.20. The van der Waals surface area contributed by atoms with Crippen LogP contribution in [0.2, 0.25) is 0 Å². The zero-order valence-electron chi connectivity index (χ0n) is 7.89. The molecule has 0 aliphatic heterocycles. The van der Waals surface area contributed by atoms with Crippen molar-refractivity contribution in [2.45, 2.75) is 5.51 Å². The molecule has 10 heteroatoms. The van der Waals surface area contributed by atoms with Crippen molar-refractivity contribution >= 4 is 21.7 Å². The Balaban J connectivity index is 3.18. The number of aromatic carboxylic acids is 1. The molecule has 0 bridgehead atoms. The standard InChI is InChI=1S/C7H5F3N2O4S/c8-7(9,10)17(15,16)12-5-3-11-2-1-4(5)6(13)14/h1-3,12H,(H,13,14). The topological polar surface area (TPSA) is 96.4 Å². The van der Waals surface area contributed by atoms with Crippen LogP contribution in [0, 0.1) is 0 Å². The van der Waals surface area contributed by atoms with E-state index in [2.05, 4.69) is 4.98 Å². The molecule has 0 atom stereocenters. The molecule has 1 heterocycles. The first-order valence-electron chi connectivity index (χ1n) is 3.91. The fourth-order valence-corrected chi connectivity index (χ4v) is 1.43. The average molecular weight is 270 g/mol. The van der Waals surface area contributed by atoms with Gasteiger partial charge in [0.1, 0.15) is 0 Å². The third-order valence-corrected chi connectivity index (χ3v) is 2.70. The number of hydrogen-bond acceptors (Lipinski definition) is 4. The van der Waals surface area contributed by atoms with Crippen LogP contribution in [-0.4, -0.2) is 30.0 Å². The van der Waals surface area contributed by atoms with Crippen molar-refractivity contribution in [1.82, 2.24) is 4.98 Å². The molecule has 0 aliphatic rings. The molecular weight excluding hydrogens is 265 g/mol. The highest BCUT2D eigenvalue weighted by atomic mass is 32.2. The Kier molecular flexibility index (Phi) is 3.27. The Hall–Kier alpha value is -1.84. The van der Waals surface area contributed by atoms with E-state index >= 15 is 0 Å². The highest BCUT2D eigenvalue weighted by molar-refractivity contribution is 7.93. The lowest BCUT2D eigenvalue weighted by Crippen LogP contribution is -2.30. The fraction of sp³-hybridized carbons (Fsp3) is 0.143. The van der Waals surface area contributed by atoms with Gasteiger partial charge >= 0.3 is 21.5 Å². The largest absolute Gasteiger partial charge is 0.516 e. The molecule has 0 saturated carbocycles. The maximum absolute atomic E-state index is 12.0. The van der Waals surface area contributed by atoms with Gasteiger partial charge in [-0.05, 0) is 6.07 Å². The van der Waals surface area contributed by atoms with E-state index in [-0.39, 0.29) is 0 Å². The molecule has 0 fully saturated rings. The van der Waals surface area contributed by atoms with Crippen LogP contribution >= 0.6 is 0 Å². The summed E-state index contributed by atoms with van der Waals surface area (Å²) in [7, 11) is -5.66. The van der Waals surface area contributed by atoms with Crippen LogP contribution < -0.4 is 4.72 Å². The zero-order valence-corrected chi connectivity index (χ0v) is 8.71. The van der Waals surface area contributed by atoms with Crippen molar-refractivity contribution in [1.29, 1.82) is 0 Å². The number of carbonyl (C=O) groups is 1. The van der Waals surface area contributed by atoms with E-state index in [0.717, 1.165) is 17.0 Å². The summed E-state index contributed by atoms with van der Waals surface area (Å²) in [6.45, 7) is 0. The molecule has 0 spiro atoms.